The molecule has 2 aromatic rings. The summed E-state index contributed by atoms with van der Waals surface area (Å²) in [5.74, 6) is -2.01. The van der Waals surface area contributed by atoms with E-state index < -0.39 is 54.3 Å². The third-order valence-electron chi connectivity index (χ3n) is 3.57. The summed E-state index contributed by atoms with van der Waals surface area (Å²) in [7, 11) is -10.0. The molecule has 2 aromatic carbocycles. The van der Waals surface area contributed by atoms with Crippen LogP contribution in [0.4, 0.5) is 26.3 Å². The Balaban J connectivity index is 0. The van der Waals surface area contributed by atoms with Crippen LogP contribution in [0.1, 0.15) is 18.1 Å². The quantitative estimate of drug-likeness (QED) is 0.226. The van der Waals surface area contributed by atoms with E-state index in [1.54, 1.807) is 0 Å². The van der Waals surface area contributed by atoms with Crippen LogP contribution in [-0.2, 0) is 26.7 Å². The van der Waals surface area contributed by atoms with Gasteiger partial charge < -0.3 is 18.6 Å². The van der Waals surface area contributed by atoms with Gasteiger partial charge in [-0.1, -0.05) is 31.2 Å². The van der Waals surface area contributed by atoms with Gasteiger partial charge in [-0.15, -0.1) is 26.3 Å². The van der Waals surface area contributed by atoms with Crippen LogP contribution in [-0.4, -0.2) is 38.7 Å². The fourth-order valence-corrected chi connectivity index (χ4v) is 4.19. The van der Waals surface area contributed by atoms with Gasteiger partial charge in [-0.2, -0.15) is 0 Å². The summed E-state index contributed by atoms with van der Waals surface area (Å²) in [5.41, 5.74) is -0.112. The van der Waals surface area contributed by atoms with E-state index in [2.05, 4.69) is 9.47 Å². The van der Waals surface area contributed by atoms with Crippen LogP contribution in [0.2, 0.25) is 0 Å². The average molecular weight is 570 g/mol. The molecule has 0 fully saturated rings. The summed E-state index contributed by atoms with van der Waals surface area (Å²) in [4.78, 5) is -1.95. The number of hydrogen-bond acceptors (Lipinski definition) is 8. The summed E-state index contributed by atoms with van der Waals surface area (Å²) in [6.45, 7) is 2.72. The molecule has 35 heavy (non-hydrogen) atoms. The van der Waals surface area contributed by atoms with Gasteiger partial charge in [0, 0.05) is 0 Å². The van der Waals surface area contributed by atoms with E-state index in [1.807, 2.05) is 0 Å². The van der Waals surface area contributed by atoms with Crippen LogP contribution in [0.5, 0.6) is 11.5 Å². The maximum atomic E-state index is 12.0. The van der Waals surface area contributed by atoms with Gasteiger partial charge in [0.05, 0.1) is 9.79 Å². The van der Waals surface area contributed by atoms with E-state index in [-0.39, 0.29) is 76.7 Å². The molecular formula is C17H14F6Na2O8S2. The Morgan fingerprint density at radius 1 is 0.743 bits per heavy atom. The summed E-state index contributed by atoms with van der Waals surface area (Å²) in [5, 5.41) is 0. The number of aryl methyl sites for hydroxylation is 2. The monoisotopic (exact) mass is 570 g/mol. The van der Waals surface area contributed by atoms with Gasteiger partial charge in [0.15, 0.2) is 0 Å². The van der Waals surface area contributed by atoms with Gasteiger partial charge in [-0.3, -0.25) is 0 Å². The van der Waals surface area contributed by atoms with Crippen LogP contribution < -0.4 is 68.6 Å². The predicted octanol–water partition coefficient (Wildman–Crippen LogP) is -2.14. The summed E-state index contributed by atoms with van der Waals surface area (Å²) >= 11 is 0. The van der Waals surface area contributed by atoms with Crippen molar-refractivity contribution in [2.45, 2.75) is 42.8 Å². The summed E-state index contributed by atoms with van der Waals surface area (Å²) < 4.78 is 144. The molecule has 0 radical (unpaired) electrons. The number of benzene rings is 2. The van der Waals surface area contributed by atoms with Gasteiger partial charge in [-0.25, -0.2) is 16.8 Å². The molecule has 0 aromatic heterocycles. The third kappa shape index (κ3) is 12.5. The summed E-state index contributed by atoms with van der Waals surface area (Å²) in [6, 6.07) is 6.37. The Bertz CT molecular complexity index is 1200. The number of rotatable bonds is 5. The maximum Gasteiger partial charge on any atom is 1.00 e. The Kier molecular flexibility index (Phi) is 14.5. The third-order valence-corrected chi connectivity index (χ3v) is 5.56. The van der Waals surface area contributed by atoms with Crippen LogP contribution in [0.25, 0.3) is 0 Å². The zero-order valence-corrected chi connectivity index (χ0v) is 24.2. The van der Waals surface area contributed by atoms with Crippen molar-refractivity contribution in [1.82, 2.24) is 0 Å². The summed E-state index contributed by atoms with van der Waals surface area (Å²) in [6.07, 6.45) is -10.00. The first-order chi connectivity index (χ1) is 14.8. The number of halogens is 6. The minimum absolute atomic E-state index is 0. The van der Waals surface area contributed by atoms with Gasteiger partial charge in [0.1, 0.15) is 31.7 Å². The van der Waals surface area contributed by atoms with Gasteiger partial charge in [0.25, 0.3) is 0 Å². The van der Waals surface area contributed by atoms with E-state index in [9.17, 15) is 52.3 Å². The molecule has 0 atom stereocenters. The molecule has 0 spiro atoms. The van der Waals surface area contributed by atoms with Crippen LogP contribution in [0, 0.1) is 6.92 Å². The van der Waals surface area contributed by atoms with Crippen molar-refractivity contribution in [3.63, 3.8) is 0 Å². The molecule has 0 heterocycles. The van der Waals surface area contributed by atoms with Crippen molar-refractivity contribution < 1.29 is 121 Å². The van der Waals surface area contributed by atoms with Crippen molar-refractivity contribution >= 4 is 20.2 Å². The fraction of sp³-hybridized carbons (Fsp3) is 0.294. The molecule has 0 aliphatic carbocycles. The number of ether oxygens (including phenoxy) is 2. The molecular weight excluding hydrogens is 556 g/mol. The van der Waals surface area contributed by atoms with Crippen molar-refractivity contribution in [1.29, 1.82) is 0 Å². The molecule has 18 heteroatoms. The minimum Gasteiger partial charge on any atom is -0.744 e. The molecule has 2 rings (SSSR count). The smallest absolute Gasteiger partial charge is 0.744 e. The Hall–Kier alpha value is -0.560. The Morgan fingerprint density at radius 2 is 1.11 bits per heavy atom. The first kappa shape index (κ1) is 36.6. The molecule has 0 unspecified atom stereocenters. The van der Waals surface area contributed by atoms with Crippen molar-refractivity contribution in [2.75, 3.05) is 0 Å². The molecule has 186 valence electrons. The molecule has 0 aliphatic rings. The topological polar surface area (TPSA) is 133 Å². The molecule has 0 bridgehead atoms. The first-order valence-corrected chi connectivity index (χ1v) is 11.2. The van der Waals surface area contributed by atoms with E-state index in [1.165, 1.54) is 32.0 Å². The normalized spacial score (nSPS) is 11.8. The molecule has 8 nitrogen and oxygen atoms in total. The zero-order chi connectivity index (χ0) is 25.8. The van der Waals surface area contributed by atoms with Crippen LogP contribution in [0.3, 0.4) is 0 Å². The standard InChI is InChI=1S/C9H9F3O4S.C8H7F3O4S.2Na/c1-2-6-4-3-5-7(16-9(10,11)12)8(6)17(13,14)15;1-5-3-2-4-6(15-8(9,10)11)7(5)16(12,13)14;;/h3-5H,2H2,1H3,(H,13,14,15);2-4H,1H3,(H,12,13,14);;/q;;2*+1/p-2. The fourth-order valence-electron chi connectivity index (χ4n) is 2.48. The second-order valence-electron chi connectivity index (χ2n) is 6.00. The van der Waals surface area contributed by atoms with E-state index in [4.69, 9.17) is 0 Å². The zero-order valence-electron chi connectivity index (χ0n) is 18.5. The SMILES string of the molecule is CCc1cccc(OC(F)(F)F)c1S(=O)(=O)[O-].Cc1cccc(OC(F)(F)F)c1S(=O)(=O)[O-].[Na+].[Na+]. The molecule has 0 N–H and O–H groups in total. The van der Waals surface area contributed by atoms with Gasteiger partial charge in [-0.05, 0) is 36.6 Å². The van der Waals surface area contributed by atoms with Gasteiger partial charge in [0.2, 0.25) is 0 Å². The number of alkyl halides is 6. The van der Waals surface area contributed by atoms with Crippen molar-refractivity contribution in [2.24, 2.45) is 0 Å². The molecule has 0 saturated heterocycles. The van der Waals surface area contributed by atoms with Crippen molar-refractivity contribution in [3.05, 3.63) is 47.5 Å². The van der Waals surface area contributed by atoms with Gasteiger partial charge >= 0.3 is 71.8 Å². The first-order valence-electron chi connectivity index (χ1n) is 8.41. The predicted molar refractivity (Wildman–Crippen MR) is 96.3 cm³/mol. The second-order valence-corrected chi connectivity index (χ2v) is 8.64. The van der Waals surface area contributed by atoms with Crippen LogP contribution in [0.15, 0.2) is 46.2 Å². The maximum absolute atomic E-state index is 12.0. The largest absolute Gasteiger partial charge is 1.00 e. The number of hydrogen-bond donors (Lipinski definition) is 0. The Labute approximate surface area is 241 Å². The van der Waals surface area contributed by atoms with E-state index in [0.29, 0.717) is 0 Å². The van der Waals surface area contributed by atoms with Crippen molar-refractivity contribution in [3.8, 4) is 11.5 Å². The van der Waals surface area contributed by atoms with E-state index in [0.717, 1.165) is 18.2 Å². The average Bonchev–Trinajstić information content (AvgIpc) is 2.57. The molecule has 0 aliphatic heterocycles. The Morgan fingerprint density at radius 3 is 1.46 bits per heavy atom. The molecule has 0 amide bonds. The molecule has 0 saturated carbocycles. The van der Waals surface area contributed by atoms with Crippen LogP contribution >= 0.6 is 0 Å². The minimum atomic E-state index is -5.05. The van der Waals surface area contributed by atoms with E-state index >= 15 is 0 Å². The second kappa shape index (κ2) is 13.8.